The Bertz CT molecular complexity index is 550. The molecule has 5 nitrogen and oxygen atoms in total. The van der Waals surface area contributed by atoms with Crippen LogP contribution in [0.3, 0.4) is 0 Å². The Morgan fingerprint density at radius 1 is 1.10 bits per heavy atom. The normalized spacial score (nSPS) is 18.8. The van der Waals surface area contributed by atoms with Crippen molar-refractivity contribution in [1.82, 2.24) is 14.5 Å². The first kappa shape index (κ1) is 16.4. The molecule has 0 atom stereocenters. The molecule has 0 bridgehead atoms. The maximum atomic E-state index is 12.4. The molecule has 1 heterocycles. The third-order valence-corrected chi connectivity index (χ3v) is 5.39. The summed E-state index contributed by atoms with van der Waals surface area (Å²) in [5.41, 5.74) is -0.495. The minimum absolute atomic E-state index is 0.316. The molecule has 1 N–H and O–H groups in total. The van der Waals surface area contributed by atoms with Gasteiger partial charge in [0.2, 0.25) is 10.0 Å². The first-order chi connectivity index (χ1) is 9.78. The molecule has 1 aromatic carbocycles. The van der Waals surface area contributed by atoms with E-state index in [4.69, 9.17) is 0 Å². The molecule has 1 aliphatic heterocycles. The first-order valence-electron chi connectivity index (χ1n) is 7.28. The van der Waals surface area contributed by atoms with Crippen molar-refractivity contribution in [3.8, 4) is 0 Å². The van der Waals surface area contributed by atoms with Gasteiger partial charge in [-0.3, -0.25) is 4.90 Å². The lowest BCUT2D eigenvalue weighted by molar-refractivity contribution is 0.130. The zero-order valence-corrected chi connectivity index (χ0v) is 13.9. The number of hydrogen-bond acceptors (Lipinski definition) is 4. The summed E-state index contributed by atoms with van der Waals surface area (Å²) in [5.74, 6) is 0. The van der Waals surface area contributed by atoms with Crippen LogP contribution in [0.25, 0.3) is 0 Å². The predicted molar refractivity (Wildman–Crippen MR) is 84.8 cm³/mol. The molecule has 0 amide bonds. The fourth-order valence-electron chi connectivity index (χ4n) is 2.62. The zero-order valence-electron chi connectivity index (χ0n) is 13.0. The highest BCUT2D eigenvalue weighted by atomic mass is 32.2. The highest BCUT2D eigenvalue weighted by Crippen LogP contribution is 2.14. The summed E-state index contributed by atoms with van der Waals surface area (Å²) in [7, 11) is -1.35. The van der Waals surface area contributed by atoms with E-state index in [9.17, 15) is 8.42 Å². The third-order valence-electron chi connectivity index (χ3n) is 3.68. The minimum Gasteiger partial charge on any atom is -0.304 e. The highest BCUT2D eigenvalue weighted by Gasteiger charge is 2.29. The van der Waals surface area contributed by atoms with Gasteiger partial charge in [0.1, 0.15) is 0 Å². The van der Waals surface area contributed by atoms with Crippen molar-refractivity contribution < 1.29 is 8.42 Å². The van der Waals surface area contributed by atoms with Gasteiger partial charge in [0.15, 0.2) is 0 Å². The van der Waals surface area contributed by atoms with Crippen molar-refractivity contribution >= 4 is 10.0 Å². The SMILES string of the molecule is CN1CCN(CC(C)(C)NS(=O)(=O)c2ccccc2)CC1. The standard InChI is InChI=1S/C15H25N3O2S/c1-15(2,13-18-11-9-17(3)10-12-18)16-21(19,20)14-7-5-4-6-8-14/h4-8,16H,9-13H2,1-3H3. The molecule has 1 aromatic rings. The lowest BCUT2D eigenvalue weighted by Gasteiger charge is -2.37. The molecule has 0 aromatic heterocycles. The van der Waals surface area contributed by atoms with E-state index in [1.54, 1.807) is 24.3 Å². The van der Waals surface area contributed by atoms with Crippen molar-refractivity contribution in [2.24, 2.45) is 0 Å². The second kappa shape index (κ2) is 6.44. The summed E-state index contributed by atoms with van der Waals surface area (Å²) in [6, 6.07) is 8.53. The van der Waals surface area contributed by atoms with E-state index >= 15 is 0 Å². The van der Waals surface area contributed by atoms with Crippen LogP contribution in [0.15, 0.2) is 35.2 Å². The Morgan fingerprint density at radius 3 is 2.24 bits per heavy atom. The van der Waals surface area contributed by atoms with Crippen molar-refractivity contribution in [3.63, 3.8) is 0 Å². The van der Waals surface area contributed by atoms with Gasteiger partial charge in [-0.1, -0.05) is 18.2 Å². The van der Waals surface area contributed by atoms with E-state index in [1.165, 1.54) is 0 Å². The van der Waals surface area contributed by atoms with Gasteiger partial charge >= 0.3 is 0 Å². The second-order valence-electron chi connectivity index (χ2n) is 6.38. The summed E-state index contributed by atoms with van der Waals surface area (Å²) < 4.78 is 27.6. The van der Waals surface area contributed by atoms with Crippen LogP contribution < -0.4 is 4.72 Å². The van der Waals surface area contributed by atoms with Gasteiger partial charge in [0.05, 0.1) is 4.90 Å². The van der Waals surface area contributed by atoms with E-state index in [0.717, 1.165) is 26.2 Å². The van der Waals surface area contributed by atoms with Gasteiger partial charge in [-0.15, -0.1) is 0 Å². The zero-order chi connectivity index (χ0) is 15.5. The molecule has 0 saturated carbocycles. The van der Waals surface area contributed by atoms with Gasteiger partial charge < -0.3 is 4.90 Å². The van der Waals surface area contributed by atoms with Crippen LogP contribution in [-0.4, -0.2) is 63.5 Å². The quantitative estimate of drug-likeness (QED) is 0.881. The molecule has 2 rings (SSSR count). The summed E-state index contributed by atoms with van der Waals surface area (Å²) in [4.78, 5) is 4.92. The fourth-order valence-corrected chi connectivity index (χ4v) is 4.04. The van der Waals surface area contributed by atoms with E-state index in [1.807, 2.05) is 19.9 Å². The number of likely N-dealkylation sites (N-methyl/N-ethyl adjacent to an activating group) is 1. The molecule has 6 heteroatoms. The smallest absolute Gasteiger partial charge is 0.241 e. The van der Waals surface area contributed by atoms with E-state index in [2.05, 4.69) is 21.6 Å². The van der Waals surface area contributed by atoms with E-state index in [0.29, 0.717) is 11.4 Å². The first-order valence-corrected chi connectivity index (χ1v) is 8.77. The number of nitrogens with one attached hydrogen (secondary N) is 1. The van der Waals surface area contributed by atoms with Crippen LogP contribution in [0.4, 0.5) is 0 Å². The Labute approximate surface area is 128 Å². The van der Waals surface area contributed by atoms with Gasteiger partial charge in [0, 0.05) is 38.3 Å². The predicted octanol–water partition coefficient (Wildman–Crippen LogP) is 0.991. The number of rotatable bonds is 5. The third kappa shape index (κ3) is 4.78. The summed E-state index contributed by atoms with van der Waals surface area (Å²) in [5, 5.41) is 0. The number of piperazine rings is 1. The fraction of sp³-hybridized carbons (Fsp3) is 0.600. The summed E-state index contributed by atoms with van der Waals surface area (Å²) >= 11 is 0. The maximum absolute atomic E-state index is 12.4. The Morgan fingerprint density at radius 2 is 1.67 bits per heavy atom. The molecule has 1 fully saturated rings. The van der Waals surface area contributed by atoms with Gasteiger partial charge in [-0.25, -0.2) is 13.1 Å². The lowest BCUT2D eigenvalue weighted by atomic mass is 10.1. The number of sulfonamides is 1. The van der Waals surface area contributed by atoms with Crippen LogP contribution >= 0.6 is 0 Å². The number of hydrogen-bond donors (Lipinski definition) is 1. The molecule has 0 unspecified atom stereocenters. The molecular weight excluding hydrogens is 286 g/mol. The number of benzene rings is 1. The van der Waals surface area contributed by atoms with Crippen molar-refractivity contribution in [2.45, 2.75) is 24.3 Å². The van der Waals surface area contributed by atoms with Gasteiger partial charge in [-0.2, -0.15) is 0 Å². The van der Waals surface area contributed by atoms with Crippen molar-refractivity contribution in [2.75, 3.05) is 39.8 Å². The molecule has 0 aliphatic carbocycles. The average Bonchev–Trinajstić information content (AvgIpc) is 2.41. The van der Waals surface area contributed by atoms with Crippen LogP contribution in [0.2, 0.25) is 0 Å². The molecule has 0 spiro atoms. The minimum atomic E-state index is -3.47. The molecule has 0 radical (unpaired) electrons. The highest BCUT2D eigenvalue weighted by molar-refractivity contribution is 7.89. The topological polar surface area (TPSA) is 52.6 Å². The van der Waals surface area contributed by atoms with Gasteiger partial charge in [0.25, 0.3) is 0 Å². The Balaban J connectivity index is 2.00. The van der Waals surface area contributed by atoms with Crippen LogP contribution in [0.1, 0.15) is 13.8 Å². The Kier molecular flexibility index (Phi) is 5.03. The summed E-state index contributed by atoms with van der Waals surface area (Å²) in [6.45, 7) is 8.60. The maximum Gasteiger partial charge on any atom is 0.241 e. The second-order valence-corrected chi connectivity index (χ2v) is 8.06. The van der Waals surface area contributed by atoms with E-state index < -0.39 is 15.6 Å². The van der Waals surface area contributed by atoms with Crippen molar-refractivity contribution in [1.29, 1.82) is 0 Å². The molecule has 1 aliphatic rings. The lowest BCUT2D eigenvalue weighted by Crippen LogP contribution is -2.55. The van der Waals surface area contributed by atoms with Crippen LogP contribution in [0, 0.1) is 0 Å². The molecular formula is C15H25N3O2S. The van der Waals surface area contributed by atoms with Gasteiger partial charge in [-0.05, 0) is 33.0 Å². The van der Waals surface area contributed by atoms with Crippen LogP contribution in [-0.2, 0) is 10.0 Å². The largest absolute Gasteiger partial charge is 0.304 e. The number of nitrogens with zero attached hydrogens (tertiary/aromatic N) is 2. The van der Waals surface area contributed by atoms with Crippen molar-refractivity contribution in [3.05, 3.63) is 30.3 Å². The molecule has 118 valence electrons. The average molecular weight is 311 g/mol. The van der Waals surface area contributed by atoms with Crippen LogP contribution in [0.5, 0.6) is 0 Å². The molecule has 1 saturated heterocycles. The Hall–Kier alpha value is -0.950. The van der Waals surface area contributed by atoms with E-state index in [-0.39, 0.29) is 0 Å². The monoisotopic (exact) mass is 311 g/mol. The molecule has 21 heavy (non-hydrogen) atoms. The summed E-state index contributed by atoms with van der Waals surface area (Å²) in [6.07, 6.45) is 0.